The number of anilines is 2. The van der Waals surface area contributed by atoms with E-state index < -0.39 is 23.9 Å². The molecular formula is C28H26ClF3N6O2. The van der Waals surface area contributed by atoms with Crippen LogP contribution in [0.2, 0.25) is 5.02 Å². The fourth-order valence-corrected chi connectivity index (χ4v) is 4.76. The third-order valence-electron chi connectivity index (χ3n) is 6.66. The highest BCUT2D eigenvalue weighted by molar-refractivity contribution is 6.35. The predicted molar refractivity (Wildman–Crippen MR) is 147 cm³/mol. The van der Waals surface area contributed by atoms with Crippen LogP contribution < -0.4 is 15.5 Å². The van der Waals surface area contributed by atoms with Crippen molar-refractivity contribution in [3.63, 3.8) is 0 Å². The normalized spacial score (nSPS) is 14.6. The number of aliphatic hydroxyl groups is 1. The molecule has 1 saturated heterocycles. The first-order valence-corrected chi connectivity index (χ1v) is 12.9. The van der Waals surface area contributed by atoms with Gasteiger partial charge in [-0.2, -0.15) is 0 Å². The van der Waals surface area contributed by atoms with Gasteiger partial charge in [0.25, 0.3) is 6.43 Å². The van der Waals surface area contributed by atoms with Crippen molar-refractivity contribution in [1.29, 1.82) is 0 Å². The number of pyridine rings is 1. The van der Waals surface area contributed by atoms with Gasteiger partial charge in [0.15, 0.2) is 5.82 Å². The summed E-state index contributed by atoms with van der Waals surface area (Å²) in [4.78, 5) is 26.4. The summed E-state index contributed by atoms with van der Waals surface area (Å²) in [7, 11) is 0. The van der Waals surface area contributed by atoms with E-state index in [1.54, 1.807) is 51.4 Å². The van der Waals surface area contributed by atoms with Crippen LogP contribution in [-0.4, -0.2) is 45.6 Å². The van der Waals surface area contributed by atoms with Crippen LogP contribution in [0.3, 0.4) is 0 Å². The van der Waals surface area contributed by atoms with Crippen molar-refractivity contribution in [2.24, 2.45) is 0 Å². The molecule has 1 atom stereocenters. The molecule has 2 amide bonds. The topological polar surface area (TPSA) is 103 Å². The molecule has 0 spiro atoms. The maximum Gasteiger partial charge on any atom is 0.321 e. The number of carbonyl (C=O) groups is 1. The lowest BCUT2D eigenvalue weighted by Gasteiger charge is -2.24. The average molecular weight is 571 g/mol. The summed E-state index contributed by atoms with van der Waals surface area (Å²) in [6.45, 7) is 5.52. The largest absolute Gasteiger partial charge is 0.382 e. The fourth-order valence-electron chi connectivity index (χ4n) is 4.56. The number of aryl methyl sites for hydroxylation is 1. The molecule has 2 aromatic heterocycles. The lowest BCUT2D eigenvalue weighted by atomic mass is 10.0. The Balaban J connectivity index is 1.58. The number of alkyl halides is 2. The van der Waals surface area contributed by atoms with Crippen LogP contribution >= 0.6 is 11.6 Å². The summed E-state index contributed by atoms with van der Waals surface area (Å²) in [6, 6.07) is 6.74. The van der Waals surface area contributed by atoms with Crippen LogP contribution in [-0.2, 0) is 5.60 Å². The van der Waals surface area contributed by atoms with Gasteiger partial charge in [-0.3, -0.25) is 9.88 Å². The molecular weight excluding hydrogens is 545 g/mol. The Hall–Kier alpha value is -3.96. The monoisotopic (exact) mass is 570 g/mol. The number of halogens is 4. The van der Waals surface area contributed by atoms with Crippen molar-refractivity contribution >= 4 is 39.9 Å². The molecule has 0 aliphatic carbocycles. The van der Waals surface area contributed by atoms with Gasteiger partial charge in [0.1, 0.15) is 17.5 Å². The first-order chi connectivity index (χ1) is 18.9. The zero-order valence-electron chi connectivity index (χ0n) is 21.8. The Kier molecular flexibility index (Phi) is 7.28. The van der Waals surface area contributed by atoms with Gasteiger partial charge in [0.2, 0.25) is 0 Å². The van der Waals surface area contributed by atoms with Crippen molar-refractivity contribution in [3.8, 4) is 11.1 Å². The zero-order chi connectivity index (χ0) is 28.8. The van der Waals surface area contributed by atoms with Gasteiger partial charge in [0.05, 0.1) is 21.9 Å². The molecule has 3 heterocycles. The fraction of sp³-hybridized carbons (Fsp3) is 0.286. The summed E-state index contributed by atoms with van der Waals surface area (Å²) in [6.07, 6.45) is 0.0762. The standard InChI is InChI=1S/C28H26ClF3N6O2/c1-14-22(29)23(19-10-15(4-7-21(19)36-14)16-12-34-26(35-13-16)28(2,3)40)37-24(25(31)32)18-11-17(5-6-20(18)30)38-9-8-33-27(38)39/h4-7,10-13,24-25,40H,8-9H2,1-3H3,(H,33,39)(H,36,37)/t24-/m0/s1. The summed E-state index contributed by atoms with van der Waals surface area (Å²) in [5.74, 6) is -0.604. The molecule has 0 radical (unpaired) electrons. The van der Waals surface area contributed by atoms with E-state index >= 15 is 0 Å². The second-order valence-corrected chi connectivity index (χ2v) is 10.4. The third kappa shape index (κ3) is 5.26. The minimum Gasteiger partial charge on any atom is -0.382 e. The van der Waals surface area contributed by atoms with E-state index in [0.717, 1.165) is 6.07 Å². The second-order valence-electron chi connectivity index (χ2n) is 10.0. The number of hydrogen-bond donors (Lipinski definition) is 3. The van der Waals surface area contributed by atoms with Gasteiger partial charge in [-0.1, -0.05) is 17.7 Å². The molecule has 12 heteroatoms. The Labute approximate surface area is 233 Å². The smallest absolute Gasteiger partial charge is 0.321 e. The van der Waals surface area contributed by atoms with Crippen molar-refractivity contribution < 1.29 is 23.1 Å². The Morgan fingerprint density at radius 2 is 1.85 bits per heavy atom. The highest BCUT2D eigenvalue weighted by Gasteiger charge is 2.30. The number of rotatable bonds is 7. The average Bonchev–Trinajstić information content (AvgIpc) is 3.34. The van der Waals surface area contributed by atoms with Crippen molar-refractivity contribution in [1.82, 2.24) is 20.3 Å². The molecule has 3 N–H and O–H groups in total. The van der Waals surface area contributed by atoms with Gasteiger partial charge in [0, 0.05) is 47.7 Å². The Morgan fingerprint density at radius 1 is 1.12 bits per heavy atom. The summed E-state index contributed by atoms with van der Waals surface area (Å²) in [5, 5.41) is 16.1. The minimum atomic E-state index is -3.03. The number of urea groups is 1. The number of aromatic nitrogens is 3. The Morgan fingerprint density at radius 3 is 2.48 bits per heavy atom. The van der Waals surface area contributed by atoms with Crippen molar-refractivity contribution in [2.75, 3.05) is 23.3 Å². The lowest BCUT2D eigenvalue weighted by Crippen LogP contribution is -2.28. The molecule has 208 valence electrons. The molecule has 0 saturated carbocycles. The predicted octanol–water partition coefficient (Wildman–Crippen LogP) is 5.97. The van der Waals surface area contributed by atoms with Crippen LogP contribution in [0.1, 0.15) is 37.0 Å². The number of hydrogen-bond acceptors (Lipinski definition) is 6. The van der Waals surface area contributed by atoms with Crippen molar-refractivity contribution in [2.45, 2.75) is 38.8 Å². The van der Waals surface area contributed by atoms with Crippen molar-refractivity contribution in [3.05, 3.63) is 76.7 Å². The summed E-state index contributed by atoms with van der Waals surface area (Å²) < 4.78 is 44.1. The summed E-state index contributed by atoms with van der Waals surface area (Å²) in [5.41, 5.74) is 1.09. The molecule has 4 aromatic rings. The SMILES string of the molecule is Cc1nc2ccc(-c3cnc(C(C)(C)O)nc3)cc2c(N[C@@H](c2cc(N3CCNC3=O)ccc2F)C(F)F)c1Cl. The van der Waals surface area contributed by atoms with Crippen LogP contribution in [0.4, 0.5) is 29.3 Å². The molecule has 0 unspecified atom stereocenters. The van der Waals surface area contributed by atoms with E-state index in [1.165, 1.54) is 17.0 Å². The van der Waals surface area contributed by atoms with Gasteiger partial charge in [-0.25, -0.2) is 27.9 Å². The number of amides is 2. The quantitative estimate of drug-likeness (QED) is 0.253. The van der Waals surface area contributed by atoms with Crippen LogP contribution in [0.15, 0.2) is 48.8 Å². The Bertz CT molecular complexity index is 1590. The number of carbonyl (C=O) groups excluding carboxylic acids is 1. The number of nitrogens with zero attached hydrogens (tertiary/aromatic N) is 4. The molecule has 1 aliphatic heterocycles. The number of nitrogens with one attached hydrogen (secondary N) is 2. The first kappa shape index (κ1) is 27.6. The lowest BCUT2D eigenvalue weighted by molar-refractivity contribution is 0.0687. The minimum absolute atomic E-state index is 0.111. The molecule has 5 rings (SSSR count). The van der Waals surface area contributed by atoms with Gasteiger partial charge < -0.3 is 15.7 Å². The summed E-state index contributed by atoms with van der Waals surface area (Å²) >= 11 is 6.59. The van der Waals surface area contributed by atoms with E-state index in [9.17, 15) is 23.1 Å². The second kappa shape index (κ2) is 10.5. The third-order valence-corrected chi connectivity index (χ3v) is 7.12. The highest BCUT2D eigenvalue weighted by atomic mass is 35.5. The number of fused-ring (bicyclic) bond motifs is 1. The molecule has 0 bridgehead atoms. The maximum absolute atomic E-state index is 15.0. The molecule has 2 aromatic carbocycles. The highest BCUT2D eigenvalue weighted by Crippen LogP contribution is 2.39. The zero-order valence-corrected chi connectivity index (χ0v) is 22.6. The van der Waals surface area contributed by atoms with Crippen LogP contribution in [0.25, 0.3) is 22.0 Å². The first-order valence-electron chi connectivity index (χ1n) is 12.5. The molecule has 1 aliphatic rings. The van der Waals surface area contributed by atoms with Gasteiger partial charge >= 0.3 is 6.03 Å². The molecule has 1 fully saturated rings. The number of benzene rings is 2. The van der Waals surface area contributed by atoms with Crippen LogP contribution in [0, 0.1) is 12.7 Å². The maximum atomic E-state index is 15.0. The van der Waals surface area contributed by atoms with E-state index in [1.807, 2.05) is 0 Å². The van der Waals surface area contributed by atoms with E-state index in [2.05, 4.69) is 25.6 Å². The molecule has 8 nitrogen and oxygen atoms in total. The van der Waals surface area contributed by atoms with E-state index in [0.29, 0.717) is 46.5 Å². The van der Waals surface area contributed by atoms with E-state index in [4.69, 9.17) is 11.6 Å². The molecule has 40 heavy (non-hydrogen) atoms. The van der Waals surface area contributed by atoms with Crippen LogP contribution in [0.5, 0.6) is 0 Å². The van der Waals surface area contributed by atoms with Gasteiger partial charge in [-0.15, -0.1) is 0 Å². The van der Waals surface area contributed by atoms with Gasteiger partial charge in [-0.05, 0) is 56.7 Å². The van der Waals surface area contributed by atoms with E-state index in [-0.39, 0.29) is 28.1 Å².